The normalized spacial score (nSPS) is 21.3. The number of pyridine rings is 1. The van der Waals surface area contributed by atoms with E-state index < -0.39 is 24.3 Å². The second-order valence-electron chi connectivity index (χ2n) is 8.65. The first-order valence-electron chi connectivity index (χ1n) is 11.7. The molecule has 0 bridgehead atoms. The van der Waals surface area contributed by atoms with Gasteiger partial charge in [-0.3, -0.25) is 14.7 Å². The third kappa shape index (κ3) is 12.6. The fraction of sp³-hybridized carbons (Fsp3) is 0.652. The maximum Gasteiger partial charge on any atom is 0.490 e. The Morgan fingerprint density at radius 2 is 1.69 bits per heavy atom. The smallest absolute Gasteiger partial charge is 0.475 e. The number of nitrogens with zero attached hydrogens (tertiary/aromatic N) is 2. The fourth-order valence-corrected chi connectivity index (χ4v) is 3.98. The van der Waals surface area contributed by atoms with Crippen LogP contribution >= 0.6 is 0 Å². The van der Waals surface area contributed by atoms with E-state index in [1.54, 1.807) is 7.11 Å². The molecule has 2 saturated heterocycles. The molecule has 0 spiro atoms. The molecule has 2 fully saturated rings. The average Bonchev–Trinajstić information content (AvgIpc) is 2.83. The molecular weight excluding hydrogens is 544 g/mol. The summed E-state index contributed by atoms with van der Waals surface area (Å²) in [6, 6.07) is 6.15. The predicted octanol–water partition coefficient (Wildman–Crippen LogP) is 2.65. The van der Waals surface area contributed by atoms with E-state index in [2.05, 4.69) is 27.3 Å². The molecule has 10 nitrogen and oxygen atoms in total. The number of fused-ring (bicyclic) bond motifs is 1. The number of carbonyl (C=O) groups excluding carboxylic acids is 1. The summed E-state index contributed by atoms with van der Waals surface area (Å²) in [4.78, 5) is 37.4. The van der Waals surface area contributed by atoms with E-state index in [0.29, 0.717) is 19.8 Å². The van der Waals surface area contributed by atoms with Crippen LogP contribution in [0.4, 0.5) is 26.3 Å². The molecule has 39 heavy (non-hydrogen) atoms. The van der Waals surface area contributed by atoms with E-state index in [0.717, 1.165) is 43.9 Å². The van der Waals surface area contributed by atoms with Crippen molar-refractivity contribution in [3.8, 4) is 0 Å². The van der Waals surface area contributed by atoms with Gasteiger partial charge in [0, 0.05) is 57.4 Å². The van der Waals surface area contributed by atoms with E-state index >= 15 is 0 Å². The number of carboxylic acid groups (broad SMARTS) is 2. The zero-order valence-electron chi connectivity index (χ0n) is 21.2. The van der Waals surface area contributed by atoms with Crippen LogP contribution in [0, 0.1) is 18.8 Å². The van der Waals surface area contributed by atoms with Crippen LogP contribution in [0.5, 0.6) is 0 Å². The van der Waals surface area contributed by atoms with Gasteiger partial charge in [-0.15, -0.1) is 0 Å². The number of likely N-dealkylation sites (tertiary alicyclic amines) is 1. The van der Waals surface area contributed by atoms with Gasteiger partial charge in [0.05, 0.1) is 18.4 Å². The summed E-state index contributed by atoms with van der Waals surface area (Å²) in [5, 5.41) is 17.3. The monoisotopic (exact) mass is 575 g/mol. The molecule has 3 rings (SSSR count). The number of aryl methyl sites for hydroxylation is 1. The second-order valence-corrected chi connectivity index (χ2v) is 8.65. The molecule has 3 N–H and O–H groups in total. The van der Waals surface area contributed by atoms with Crippen LogP contribution in [-0.2, 0) is 30.4 Å². The van der Waals surface area contributed by atoms with Gasteiger partial charge >= 0.3 is 24.3 Å². The van der Waals surface area contributed by atoms with E-state index in [1.807, 2.05) is 13.0 Å². The summed E-state index contributed by atoms with van der Waals surface area (Å²) in [5.41, 5.74) is 2.14. The Hall–Kier alpha value is -2.98. The number of nitrogens with one attached hydrogen (secondary N) is 1. The Kier molecular flexibility index (Phi) is 13.6. The molecule has 1 aromatic heterocycles. The molecule has 0 radical (unpaired) electrons. The third-order valence-corrected chi connectivity index (χ3v) is 5.71. The number of carbonyl (C=O) groups is 3. The van der Waals surface area contributed by atoms with Gasteiger partial charge in [0.1, 0.15) is 0 Å². The van der Waals surface area contributed by atoms with Crippen molar-refractivity contribution < 1.29 is 60.4 Å². The Morgan fingerprint density at radius 1 is 1.10 bits per heavy atom. The molecular formula is C23H31F6N3O7. The molecule has 0 unspecified atom stereocenters. The van der Waals surface area contributed by atoms with Crippen molar-refractivity contribution in [1.82, 2.24) is 15.2 Å². The molecule has 0 aliphatic carbocycles. The van der Waals surface area contributed by atoms with Gasteiger partial charge in [-0.1, -0.05) is 6.07 Å². The minimum absolute atomic E-state index is 0.0314. The van der Waals surface area contributed by atoms with Crippen molar-refractivity contribution in [2.45, 2.75) is 44.8 Å². The van der Waals surface area contributed by atoms with Crippen molar-refractivity contribution in [3.05, 3.63) is 29.6 Å². The van der Waals surface area contributed by atoms with Crippen LogP contribution in [0.2, 0.25) is 0 Å². The number of aliphatic carboxylic acids is 2. The van der Waals surface area contributed by atoms with Crippen LogP contribution in [0.3, 0.4) is 0 Å². The summed E-state index contributed by atoms with van der Waals surface area (Å²) in [7, 11) is 1.65. The van der Waals surface area contributed by atoms with Gasteiger partial charge < -0.3 is 25.0 Å². The minimum atomic E-state index is -5.08. The quantitative estimate of drug-likeness (QED) is 0.345. The predicted molar refractivity (Wildman–Crippen MR) is 122 cm³/mol. The first-order chi connectivity index (χ1) is 18.1. The van der Waals surface area contributed by atoms with Crippen molar-refractivity contribution in [1.29, 1.82) is 0 Å². The maximum absolute atomic E-state index is 12.6. The van der Waals surface area contributed by atoms with E-state index in [9.17, 15) is 31.1 Å². The number of aromatic nitrogens is 1. The average molecular weight is 576 g/mol. The lowest BCUT2D eigenvalue weighted by atomic mass is 9.79. The zero-order chi connectivity index (χ0) is 29.8. The molecule has 222 valence electrons. The van der Waals surface area contributed by atoms with Crippen LogP contribution < -0.4 is 5.32 Å². The summed E-state index contributed by atoms with van der Waals surface area (Å²) in [6.07, 6.45) is -8.18. The molecule has 3 atom stereocenters. The van der Waals surface area contributed by atoms with Gasteiger partial charge in [0.2, 0.25) is 5.91 Å². The molecule has 2 aliphatic heterocycles. The highest BCUT2D eigenvalue weighted by Gasteiger charge is 2.42. The number of ether oxygens (including phenoxy) is 2. The highest BCUT2D eigenvalue weighted by atomic mass is 19.4. The molecule has 16 heteroatoms. The number of carboxylic acids is 2. The lowest BCUT2D eigenvalue weighted by molar-refractivity contribution is -0.193. The Labute approximate surface area is 220 Å². The number of halogens is 6. The summed E-state index contributed by atoms with van der Waals surface area (Å²) >= 11 is 0. The number of piperidine rings is 1. The largest absolute Gasteiger partial charge is 0.490 e. The van der Waals surface area contributed by atoms with Crippen LogP contribution in [0.15, 0.2) is 18.2 Å². The van der Waals surface area contributed by atoms with Gasteiger partial charge in [0.25, 0.3) is 0 Å². The van der Waals surface area contributed by atoms with Gasteiger partial charge in [0.15, 0.2) is 0 Å². The number of rotatable bonds is 6. The molecule has 3 heterocycles. The Bertz CT molecular complexity index is 922. The molecule has 2 aliphatic rings. The summed E-state index contributed by atoms with van der Waals surface area (Å²) < 4.78 is 74.5. The molecule has 1 aromatic rings. The topological polar surface area (TPSA) is 138 Å². The Balaban J connectivity index is 0.000000449. The number of amides is 1. The van der Waals surface area contributed by atoms with Crippen LogP contribution in [-0.4, -0.2) is 96.4 Å². The van der Waals surface area contributed by atoms with Crippen molar-refractivity contribution in [2.24, 2.45) is 11.8 Å². The van der Waals surface area contributed by atoms with E-state index in [-0.39, 0.29) is 23.8 Å². The Morgan fingerprint density at radius 3 is 2.21 bits per heavy atom. The third-order valence-electron chi connectivity index (χ3n) is 5.71. The van der Waals surface area contributed by atoms with Gasteiger partial charge in [-0.05, 0) is 31.9 Å². The van der Waals surface area contributed by atoms with E-state index in [4.69, 9.17) is 29.3 Å². The van der Waals surface area contributed by atoms with Crippen LogP contribution in [0.1, 0.15) is 24.2 Å². The second kappa shape index (κ2) is 15.6. The lowest BCUT2D eigenvalue weighted by Gasteiger charge is -2.44. The zero-order valence-corrected chi connectivity index (χ0v) is 21.2. The molecule has 0 saturated carbocycles. The van der Waals surface area contributed by atoms with Crippen LogP contribution in [0.25, 0.3) is 0 Å². The maximum atomic E-state index is 12.6. The number of hydrogen-bond acceptors (Lipinski definition) is 7. The standard InChI is InChI=1S/C19H29N3O3.2C2HF3O2/c1-14-4-3-5-15(21-14)12-22-9-6-18-17(13-22)16(7-10-25-18)19(23)20-8-11-24-2;2*3-2(4,5)1(6)7/h3-5,16-18H,6-13H2,1-2H3,(H,20,23);2*(H,6,7)/t16-,17-,18-;;/m1../s1. The molecule has 1 amide bonds. The first-order valence-corrected chi connectivity index (χ1v) is 11.7. The highest BCUT2D eigenvalue weighted by molar-refractivity contribution is 5.79. The highest BCUT2D eigenvalue weighted by Crippen LogP contribution is 2.33. The van der Waals surface area contributed by atoms with Gasteiger partial charge in [-0.2, -0.15) is 26.3 Å². The number of alkyl halides is 6. The number of hydrogen-bond donors (Lipinski definition) is 3. The summed E-state index contributed by atoms with van der Waals surface area (Å²) in [5.74, 6) is -5.08. The lowest BCUT2D eigenvalue weighted by Crippen LogP contribution is -2.53. The van der Waals surface area contributed by atoms with Gasteiger partial charge in [-0.25, -0.2) is 9.59 Å². The molecule has 0 aromatic carbocycles. The van der Waals surface area contributed by atoms with Crippen molar-refractivity contribution in [2.75, 3.05) is 40.0 Å². The van der Waals surface area contributed by atoms with E-state index in [1.165, 1.54) is 0 Å². The minimum Gasteiger partial charge on any atom is -0.475 e. The van der Waals surface area contributed by atoms with Crippen molar-refractivity contribution in [3.63, 3.8) is 0 Å². The summed E-state index contributed by atoms with van der Waals surface area (Å²) in [6.45, 7) is 6.55. The van der Waals surface area contributed by atoms with Crippen molar-refractivity contribution >= 4 is 17.8 Å². The first kappa shape index (κ1) is 34.0. The fourth-order valence-electron chi connectivity index (χ4n) is 3.98. The SMILES string of the molecule is COCCNC(=O)[C@@H]1CCO[C@@H]2CCN(Cc3cccc(C)n3)C[C@@H]21.O=C(O)C(F)(F)F.O=C(O)C(F)(F)F. The number of methoxy groups -OCH3 is 1.